The number of benzene rings is 9. The van der Waals surface area contributed by atoms with Gasteiger partial charge in [-0.05, 0) is 131 Å². The van der Waals surface area contributed by atoms with Gasteiger partial charge in [0.25, 0.3) is 6.71 Å². The third-order valence-electron chi connectivity index (χ3n) is 13.8. The van der Waals surface area contributed by atoms with E-state index in [1.165, 1.54) is 124 Å². The normalized spacial score (nSPS) is 13.8. The molecule has 63 heavy (non-hydrogen) atoms. The Bertz CT molecular complexity index is 3510. The molecule has 302 valence electrons. The van der Waals surface area contributed by atoms with Crippen LogP contribution in [-0.2, 0) is 10.8 Å². The van der Waals surface area contributed by atoms with E-state index in [4.69, 9.17) is 0 Å². The van der Waals surface area contributed by atoms with Gasteiger partial charge in [-0.2, -0.15) is 0 Å². The Hall–Kier alpha value is -6.40. The molecule has 0 radical (unpaired) electrons. The first-order chi connectivity index (χ1) is 30.5. The van der Waals surface area contributed by atoms with E-state index in [9.17, 15) is 0 Å². The molecule has 0 amide bonds. The van der Waals surface area contributed by atoms with Crippen molar-refractivity contribution in [1.82, 2.24) is 0 Å². The summed E-state index contributed by atoms with van der Waals surface area (Å²) in [6, 6.07) is 62.8. The number of nitrogens with zero attached hydrogens (tertiary/aromatic N) is 2. The van der Waals surface area contributed by atoms with Gasteiger partial charge < -0.3 is 9.80 Å². The minimum atomic E-state index is -0.121. The summed E-state index contributed by atoms with van der Waals surface area (Å²) in [5, 5.41) is 10.4. The van der Waals surface area contributed by atoms with Crippen molar-refractivity contribution >= 4 is 142 Å². The van der Waals surface area contributed by atoms with Gasteiger partial charge in [-0.3, -0.25) is 0 Å². The molecule has 0 saturated carbocycles. The van der Waals surface area contributed by atoms with Crippen LogP contribution >= 0.6 is 22.7 Å². The van der Waals surface area contributed by atoms with E-state index >= 15 is 0 Å². The van der Waals surface area contributed by atoms with Crippen molar-refractivity contribution in [1.29, 1.82) is 0 Å². The van der Waals surface area contributed by atoms with Gasteiger partial charge in [0.15, 0.2) is 0 Å². The summed E-state index contributed by atoms with van der Waals surface area (Å²) in [7, 11) is 0. The predicted octanol–water partition coefficient (Wildman–Crippen LogP) is 15.4. The van der Waals surface area contributed by atoms with Gasteiger partial charge in [0, 0.05) is 52.3 Å². The summed E-state index contributed by atoms with van der Waals surface area (Å²) in [6.45, 7) is 14.2. The van der Waals surface area contributed by atoms with Gasteiger partial charge >= 0.3 is 0 Å². The summed E-state index contributed by atoms with van der Waals surface area (Å²) in [5.74, 6) is 0. The molecule has 13 rings (SSSR count). The van der Waals surface area contributed by atoms with Crippen LogP contribution in [0.2, 0.25) is 0 Å². The molecule has 2 aliphatic rings. The molecule has 11 aromatic rings. The maximum Gasteiger partial charge on any atom is 0.252 e. The first-order valence-corrected chi connectivity index (χ1v) is 23.8. The molecule has 9 aromatic carbocycles. The molecular weight excluding hydrogens is 800 g/mol. The molecule has 0 N–H and O–H groups in total. The van der Waals surface area contributed by atoms with Crippen LogP contribution in [0.5, 0.6) is 0 Å². The highest BCUT2D eigenvalue weighted by atomic mass is 32.1. The lowest BCUT2D eigenvalue weighted by atomic mass is 9.33. The highest BCUT2D eigenvalue weighted by molar-refractivity contribution is 7.26. The van der Waals surface area contributed by atoms with Crippen LogP contribution in [0.25, 0.3) is 61.9 Å². The molecule has 0 bridgehead atoms. The van der Waals surface area contributed by atoms with E-state index in [-0.39, 0.29) is 17.5 Å². The Balaban J connectivity index is 1.20. The average molecular weight is 845 g/mol. The highest BCUT2D eigenvalue weighted by Crippen LogP contribution is 2.51. The van der Waals surface area contributed by atoms with E-state index in [0.29, 0.717) is 0 Å². The van der Waals surface area contributed by atoms with Crippen molar-refractivity contribution in [3.8, 4) is 0 Å². The van der Waals surface area contributed by atoms with Crippen LogP contribution < -0.4 is 26.2 Å². The Morgan fingerprint density at radius 1 is 0.349 bits per heavy atom. The van der Waals surface area contributed by atoms with Gasteiger partial charge in [0.1, 0.15) is 0 Å². The molecule has 4 heterocycles. The lowest BCUT2D eigenvalue weighted by Gasteiger charge is -2.45. The van der Waals surface area contributed by atoms with Crippen molar-refractivity contribution in [2.45, 2.75) is 52.4 Å². The van der Waals surface area contributed by atoms with Gasteiger partial charge in [-0.1, -0.05) is 145 Å². The lowest BCUT2D eigenvalue weighted by Crippen LogP contribution is -2.61. The minimum Gasteiger partial charge on any atom is -0.311 e. The molecule has 0 fully saturated rings. The fourth-order valence-corrected chi connectivity index (χ4v) is 13.2. The van der Waals surface area contributed by atoms with Crippen LogP contribution in [0.3, 0.4) is 0 Å². The molecule has 0 unspecified atom stereocenters. The summed E-state index contributed by atoms with van der Waals surface area (Å²) >= 11 is 3.82. The zero-order chi connectivity index (χ0) is 42.5. The minimum absolute atomic E-state index is 0.00286. The molecular formula is C58H45BN2S2. The maximum atomic E-state index is 2.65. The van der Waals surface area contributed by atoms with E-state index in [0.717, 1.165) is 0 Å². The summed E-state index contributed by atoms with van der Waals surface area (Å²) < 4.78 is 5.29. The van der Waals surface area contributed by atoms with E-state index in [2.05, 4.69) is 215 Å². The fraction of sp³-hybridized carbons (Fsp3) is 0.138. The molecule has 2 aliphatic heterocycles. The van der Waals surface area contributed by atoms with Crippen molar-refractivity contribution in [2.75, 3.05) is 9.80 Å². The van der Waals surface area contributed by atoms with Crippen LogP contribution in [0.1, 0.15) is 52.7 Å². The standard InChI is InChI=1S/C58H45BN2S2/c1-57(2,3)42-26-34-16-7-9-18-36(34)28-48(42)60-46-22-15-23-47-56(46)59(44-30-40-38-20-11-13-24-52(38)62-54(40)32-50(44)60)45-31-41-39-21-12-14-25-53(39)63-55(41)33-51(45)61(47)49-29-37-19-10-8-17-35(37)27-43(49)58(4,5)6/h7-33H,1-6H3. The zero-order valence-corrected chi connectivity index (χ0v) is 38.0. The lowest BCUT2D eigenvalue weighted by molar-refractivity contribution is 0.591. The maximum absolute atomic E-state index is 2.65. The predicted molar refractivity (Wildman–Crippen MR) is 279 cm³/mol. The van der Waals surface area contributed by atoms with Gasteiger partial charge in [0.2, 0.25) is 0 Å². The fourth-order valence-electron chi connectivity index (χ4n) is 10.9. The molecule has 2 nitrogen and oxygen atoms in total. The SMILES string of the molecule is CC(C)(C)c1cc2ccccc2cc1N1c2cc3sc4ccccc4c3cc2B2c3cc4c(cc3N(c3cc5ccccc5cc3C(C)(C)C)c3cccc1c32)sc1ccccc14. The largest absolute Gasteiger partial charge is 0.311 e. The van der Waals surface area contributed by atoms with Crippen LogP contribution in [0.15, 0.2) is 164 Å². The van der Waals surface area contributed by atoms with Crippen molar-refractivity contribution < 1.29 is 0 Å². The summed E-state index contributed by atoms with van der Waals surface area (Å²) in [4.78, 5) is 5.29. The van der Waals surface area contributed by atoms with Gasteiger partial charge in [-0.25, -0.2) is 0 Å². The Morgan fingerprint density at radius 3 is 1.17 bits per heavy atom. The number of rotatable bonds is 2. The molecule has 0 spiro atoms. The average Bonchev–Trinajstić information content (AvgIpc) is 3.83. The van der Waals surface area contributed by atoms with Crippen LogP contribution in [-0.4, -0.2) is 6.71 Å². The number of thiophene rings is 2. The molecule has 0 saturated heterocycles. The van der Waals surface area contributed by atoms with Crippen molar-refractivity contribution in [3.05, 3.63) is 175 Å². The van der Waals surface area contributed by atoms with E-state index in [1.807, 2.05) is 22.7 Å². The highest BCUT2D eigenvalue weighted by Gasteiger charge is 2.45. The van der Waals surface area contributed by atoms with Crippen LogP contribution in [0, 0.1) is 0 Å². The van der Waals surface area contributed by atoms with Crippen molar-refractivity contribution in [2.24, 2.45) is 0 Å². The third-order valence-corrected chi connectivity index (χ3v) is 16.1. The Kier molecular flexibility index (Phi) is 7.72. The zero-order valence-electron chi connectivity index (χ0n) is 36.4. The molecule has 0 aliphatic carbocycles. The monoisotopic (exact) mass is 844 g/mol. The number of anilines is 6. The smallest absolute Gasteiger partial charge is 0.252 e. The molecule has 2 aromatic heterocycles. The second-order valence-corrected chi connectivity index (χ2v) is 21.9. The Labute approximate surface area is 376 Å². The summed E-state index contributed by atoms with van der Waals surface area (Å²) in [5.41, 5.74) is 14.0. The molecule has 0 atom stereocenters. The molecule has 5 heteroatoms. The Morgan fingerprint density at radius 2 is 0.746 bits per heavy atom. The quantitative estimate of drug-likeness (QED) is 0.160. The number of hydrogen-bond acceptors (Lipinski definition) is 4. The number of fused-ring (bicyclic) bond motifs is 12. The van der Waals surface area contributed by atoms with Gasteiger partial charge in [-0.15, -0.1) is 22.7 Å². The van der Waals surface area contributed by atoms with E-state index < -0.39 is 0 Å². The van der Waals surface area contributed by atoms with Crippen molar-refractivity contribution in [3.63, 3.8) is 0 Å². The summed E-state index contributed by atoms with van der Waals surface area (Å²) in [6.07, 6.45) is 0. The van der Waals surface area contributed by atoms with Gasteiger partial charge in [0.05, 0.1) is 11.4 Å². The first kappa shape index (κ1) is 37.2. The second kappa shape index (κ2) is 13.1. The first-order valence-electron chi connectivity index (χ1n) is 22.2. The van der Waals surface area contributed by atoms with E-state index in [1.54, 1.807) is 0 Å². The third kappa shape index (κ3) is 5.43. The second-order valence-electron chi connectivity index (χ2n) is 19.8. The number of hydrogen-bond donors (Lipinski definition) is 0. The topological polar surface area (TPSA) is 6.48 Å². The van der Waals surface area contributed by atoms with Crippen LogP contribution in [0.4, 0.5) is 34.1 Å².